The molecular formula is C15H20N4. The first-order chi connectivity index (χ1) is 9.31. The Morgan fingerprint density at radius 1 is 1.21 bits per heavy atom. The molecule has 2 heterocycles. The van der Waals surface area contributed by atoms with Crippen LogP contribution in [0.25, 0.3) is 11.1 Å². The molecule has 19 heavy (non-hydrogen) atoms. The minimum atomic E-state index is 0.553. The van der Waals surface area contributed by atoms with E-state index in [0.717, 1.165) is 23.6 Å². The molecule has 0 amide bonds. The van der Waals surface area contributed by atoms with E-state index < -0.39 is 0 Å². The van der Waals surface area contributed by atoms with Crippen molar-refractivity contribution < 1.29 is 0 Å². The third-order valence-corrected chi connectivity index (χ3v) is 3.92. The molecule has 0 aromatic carbocycles. The minimum absolute atomic E-state index is 0.553. The average molecular weight is 256 g/mol. The topological polar surface area (TPSA) is 56.7 Å². The van der Waals surface area contributed by atoms with Gasteiger partial charge in [0.25, 0.3) is 0 Å². The molecule has 0 spiro atoms. The number of nitrogens with two attached hydrogens (primary N) is 1. The summed E-state index contributed by atoms with van der Waals surface area (Å²) >= 11 is 0. The number of nitrogens with zero attached hydrogens (tertiary/aromatic N) is 3. The Morgan fingerprint density at radius 2 is 2.05 bits per heavy atom. The summed E-state index contributed by atoms with van der Waals surface area (Å²) in [5.41, 5.74) is 7.92. The zero-order chi connectivity index (χ0) is 13.1. The number of aromatic nitrogens is 3. The summed E-state index contributed by atoms with van der Waals surface area (Å²) in [5, 5.41) is 4.47. The van der Waals surface area contributed by atoms with E-state index in [4.69, 9.17) is 5.73 Å². The summed E-state index contributed by atoms with van der Waals surface area (Å²) in [5.74, 6) is 1.35. The molecule has 1 aliphatic carbocycles. The van der Waals surface area contributed by atoms with Crippen molar-refractivity contribution in [3.05, 3.63) is 30.7 Å². The maximum absolute atomic E-state index is 5.71. The maximum Gasteiger partial charge on any atom is 0.123 e. The molecule has 2 N–H and O–H groups in total. The molecule has 2 aromatic rings. The molecule has 1 fully saturated rings. The van der Waals surface area contributed by atoms with Crippen LogP contribution in [0.3, 0.4) is 0 Å². The number of rotatable bonds is 3. The van der Waals surface area contributed by atoms with Crippen LogP contribution in [0.5, 0.6) is 0 Å². The molecule has 0 aliphatic heterocycles. The highest BCUT2D eigenvalue weighted by atomic mass is 15.3. The van der Waals surface area contributed by atoms with Crippen molar-refractivity contribution in [2.75, 3.05) is 5.73 Å². The first-order valence-corrected chi connectivity index (χ1v) is 7.05. The van der Waals surface area contributed by atoms with Crippen molar-refractivity contribution in [2.45, 2.75) is 38.6 Å². The van der Waals surface area contributed by atoms with Gasteiger partial charge in [0.15, 0.2) is 0 Å². The van der Waals surface area contributed by atoms with Gasteiger partial charge >= 0.3 is 0 Å². The van der Waals surface area contributed by atoms with Gasteiger partial charge in [0.05, 0.1) is 6.20 Å². The van der Waals surface area contributed by atoms with Crippen molar-refractivity contribution in [1.29, 1.82) is 0 Å². The van der Waals surface area contributed by atoms with Gasteiger partial charge in [-0.25, -0.2) is 4.98 Å². The van der Waals surface area contributed by atoms with E-state index in [9.17, 15) is 0 Å². The maximum atomic E-state index is 5.71. The molecule has 0 radical (unpaired) electrons. The van der Waals surface area contributed by atoms with Gasteiger partial charge in [0, 0.05) is 24.5 Å². The van der Waals surface area contributed by atoms with Crippen molar-refractivity contribution >= 4 is 5.82 Å². The van der Waals surface area contributed by atoms with Gasteiger partial charge < -0.3 is 5.73 Å². The number of anilines is 1. The van der Waals surface area contributed by atoms with Crippen LogP contribution in [-0.4, -0.2) is 14.8 Å². The standard InChI is InChI=1S/C15H20N4/c16-15-8-13(6-7-17-15)14-9-18-19(11-14)10-12-4-2-1-3-5-12/h6-9,11-12H,1-5,10H2,(H2,16,17). The fourth-order valence-electron chi connectivity index (χ4n) is 2.87. The number of hydrogen-bond acceptors (Lipinski definition) is 3. The Balaban J connectivity index is 1.72. The lowest BCUT2D eigenvalue weighted by Gasteiger charge is -2.21. The van der Waals surface area contributed by atoms with E-state index in [0.29, 0.717) is 5.82 Å². The smallest absolute Gasteiger partial charge is 0.123 e. The lowest BCUT2D eigenvalue weighted by Crippen LogP contribution is -2.14. The van der Waals surface area contributed by atoms with Crippen LogP contribution < -0.4 is 5.73 Å². The molecule has 0 bridgehead atoms. The molecule has 100 valence electrons. The number of nitrogen functional groups attached to an aromatic ring is 1. The van der Waals surface area contributed by atoms with Gasteiger partial charge in [-0.05, 0) is 36.5 Å². The van der Waals surface area contributed by atoms with E-state index in [1.54, 1.807) is 6.20 Å². The van der Waals surface area contributed by atoms with Crippen LogP contribution in [-0.2, 0) is 6.54 Å². The molecule has 1 aliphatic rings. The monoisotopic (exact) mass is 256 g/mol. The highest BCUT2D eigenvalue weighted by Gasteiger charge is 2.14. The SMILES string of the molecule is Nc1cc(-c2cnn(CC3CCCCC3)c2)ccn1. The highest BCUT2D eigenvalue weighted by molar-refractivity contribution is 5.64. The Labute approximate surface area is 113 Å². The number of hydrogen-bond donors (Lipinski definition) is 1. The van der Waals surface area contributed by atoms with E-state index in [1.807, 2.05) is 18.3 Å². The third kappa shape index (κ3) is 2.95. The van der Waals surface area contributed by atoms with Crippen molar-refractivity contribution in [3.63, 3.8) is 0 Å². The van der Waals surface area contributed by atoms with Gasteiger partial charge in [-0.2, -0.15) is 5.10 Å². The van der Waals surface area contributed by atoms with Crippen molar-refractivity contribution in [1.82, 2.24) is 14.8 Å². The van der Waals surface area contributed by atoms with Gasteiger partial charge in [0.2, 0.25) is 0 Å². The Morgan fingerprint density at radius 3 is 2.84 bits per heavy atom. The first kappa shape index (κ1) is 12.2. The van der Waals surface area contributed by atoms with Crippen LogP contribution in [0.15, 0.2) is 30.7 Å². The predicted molar refractivity (Wildman–Crippen MR) is 76.4 cm³/mol. The Bertz CT molecular complexity index is 541. The van der Waals surface area contributed by atoms with Crippen molar-refractivity contribution in [2.24, 2.45) is 5.92 Å². The second-order valence-corrected chi connectivity index (χ2v) is 5.42. The predicted octanol–water partition coefficient (Wildman–Crippen LogP) is 3.11. The van der Waals surface area contributed by atoms with E-state index in [1.165, 1.54) is 32.1 Å². The van der Waals surface area contributed by atoms with Gasteiger partial charge in [0.1, 0.15) is 5.82 Å². The van der Waals surface area contributed by atoms with E-state index in [-0.39, 0.29) is 0 Å². The van der Waals surface area contributed by atoms with Crippen LogP contribution in [0.2, 0.25) is 0 Å². The van der Waals surface area contributed by atoms with Crippen molar-refractivity contribution in [3.8, 4) is 11.1 Å². The quantitative estimate of drug-likeness (QED) is 0.918. The average Bonchev–Trinajstić information content (AvgIpc) is 2.88. The Kier molecular flexibility index (Phi) is 3.49. The van der Waals surface area contributed by atoms with E-state index in [2.05, 4.69) is 21.0 Å². The normalized spacial score (nSPS) is 16.6. The summed E-state index contributed by atoms with van der Waals surface area (Å²) in [4.78, 5) is 4.02. The molecule has 0 atom stereocenters. The summed E-state index contributed by atoms with van der Waals surface area (Å²) in [6, 6.07) is 3.86. The molecule has 3 rings (SSSR count). The summed E-state index contributed by atoms with van der Waals surface area (Å²) in [6.45, 7) is 1.04. The number of pyridine rings is 1. The lowest BCUT2D eigenvalue weighted by atomic mass is 9.89. The van der Waals surface area contributed by atoms with Crippen LogP contribution in [0, 0.1) is 5.92 Å². The third-order valence-electron chi connectivity index (χ3n) is 3.92. The van der Waals surface area contributed by atoms with Gasteiger partial charge in [-0.15, -0.1) is 0 Å². The summed E-state index contributed by atoms with van der Waals surface area (Å²) < 4.78 is 2.07. The molecule has 4 heteroatoms. The fourth-order valence-corrected chi connectivity index (χ4v) is 2.87. The van der Waals surface area contributed by atoms with E-state index >= 15 is 0 Å². The van der Waals surface area contributed by atoms with Gasteiger partial charge in [-0.3, -0.25) is 4.68 Å². The zero-order valence-corrected chi connectivity index (χ0v) is 11.1. The molecular weight excluding hydrogens is 236 g/mol. The van der Waals surface area contributed by atoms with Gasteiger partial charge in [-0.1, -0.05) is 19.3 Å². The molecule has 0 saturated heterocycles. The molecule has 2 aromatic heterocycles. The molecule has 1 saturated carbocycles. The minimum Gasteiger partial charge on any atom is -0.384 e. The lowest BCUT2D eigenvalue weighted by molar-refractivity contribution is 0.308. The first-order valence-electron chi connectivity index (χ1n) is 7.05. The molecule has 0 unspecified atom stereocenters. The Hall–Kier alpha value is -1.84. The molecule has 4 nitrogen and oxygen atoms in total. The highest BCUT2D eigenvalue weighted by Crippen LogP contribution is 2.26. The summed E-state index contributed by atoms with van der Waals surface area (Å²) in [6.07, 6.45) is 12.6. The zero-order valence-electron chi connectivity index (χ0n) is 11.1. The fraction of sp³-hybridized carbons (Fsp3) is 0.467. The van der Waals surface area contributed by atoms with Crippen LogP contribution in [0.4, 0.5) is 5.82 Å². The largest absolute Gasteiger partial charge is 0.384 e. The second-order valence-electron chi connectivity index (χ2n) is 5.42. The van der Waals surface area contributed by atoms with Crippen LogP contribution >= 0.6 is 0 Å². The summed E-state index contributed by atoms with van der Waals surface area (Å²) in [7, 11) is 0. The van der Waals surface area contributed by atoms with Crippen LogP contribution in [0.1, 0.15) is 32.1 Å². The second kappa shape index (κ2) is 5.43.